The predicted molar refractivity (Wildman–Crippen MR) is 302 cm³/mol. The maximum Gasteiger partial charge on any atom is 0.131 e. The van der Waals surface area contributed by atoms with Crippen LogP contribution in [-0.2, 0) is 0 Å². The number of rotatable bonds is 9. The third-order valence-corrected chi connectivity index (χ3v) is 15.1. The lowest BCUT2D eigenvalue weighted by Gasteiger charge is -2.31. The number of benzene rings is 9. The second-order valence-electron chi connectivity index (χ2n) is 19.3. The van der Waals surface area contributed by atoms with Crippen LogP contribution in [0.4, 0.5) is 11.4 Å². The number of allylic oxidation sites excluding steroid dienone is 3. The molecule has 4 heteroatoms. The largest absolute Gasteiger partial charge is 0.457 e. The van der Waals surface area contributed by atoms with Gasteiger partial charge in [0.25, 0.3) is 0 Å². The molecule has 2 aromatic heterocycles. The van der Waals surface area contributed by atoms with Gasteiger partial charge in [0.15, 0.2) is 0 Å². The third-order valence-electron chi connectivity index (χ3n) is 15.1. The van der Waals surface area contributed by atoms with Crippen molar-refractivity contribution in [1.82, 2.24) is 9.13 Å². The van der Waals surface area contributed by atoms with E-state index in [9.17, 15) is 0 Å². The monoisotopic (exact) mass is 925 g/mol. The Morgan fingerprint density at radius 2 is 1.00 bits per heavy atom. The highest BCUT2D eigenvalue weighted by molar-refractivity contribution is 6.22. The van der Waals surface area contributed by atoms with Gasteiger partial charge in [-0.05, 0) is 108 Å². The summed E-state index contributed by atoms with van der Waals surface area (Å²) in [4.78, 5) is 2.45. The van der Waals surface area contributed by atoms with Crippen LogP contribution >= 0.6 is 0 Å². The molecule has 9 aromatic carbocycles. The molecule has 1 unspecified atom stereocenters. The molecule has 0 radical (unpaired) electrons. The standard InChI is InChI=1S/C68H51N3O/c1-4-20-46(21-5-1)48-38-41-66-62(42-48)57-28-16-19-35-65(57)71(66)52-43-51(70-63-33-17-14-26-55(63)56-27-15-18-34-64(56)70)44-54(45-52)72-53-39-36-47(37-40-53)67-58-29-10-12-31-60(58)68(61-32-13-11-30-59(61)67)69(49-22-6-2-7-23-49)50-24-8-3-9-25-50/h1-2,4-8,10-14,16-17,19-37,39-45,48H,3,9,15,18,38H2. The van der Waals surface area contributed by atoms with Crippen molar-refractivity contribution >= 4 is 79.0 Å². The molecule has 0 bridgehead atoms. The van der Waals surface area contributed by atoms with Crippen LogP contribution in [0.2, 0.25) is 0 Å². The quantitative estimate of drug-likeness (QED) is 0.135. The zero-order chi connectivity index (χ0) is 47.5. The van der Waals surface area contributed by atoms with Gasteiger partial charge in [0.05, 0.1) is 28.1 Å². The fourth-order valence-corrected chi connectivity index (χ4v) is 11.9. The van der Waals surface area contributed by atoms with Gasteiger partial charge in [-0.3, -0.25) is 0 Å². The highest BCUT2D eigenvalue weighted by Crippen LogP contribution is 2.47. The molecule has 14 rings (SSSR count). The highest BCUT2D eigenvalue weighted by Gasteiger charge is 2.24. The molecule has 0 N–H and O–H groups in total. The Kier molecular flexibility index (Phi) is 10.2. The molecule has 4 nitrogen and oxygen atoms in total. The number of fused-ring (bicyclic) bond motifs is 8. The molecule has 2 heterocycles. The second kappa shape index (κ2) is 17.5. The van der Waals surface area contributed by atoms with Gasteiger partial charge in [0.1, 0.15) is 11.5 Å². The van der Waals surface area contributed by atoms with Crippen LogP contribution in [-0.4, -0.2) is 9.13 Å². The van der Waals surface area contributed by atoms with Crippen LogP contribution in [0.25, 0.3) is 90.2 Å². The van der Waals surface area contributed by atoms with E-state index in [-0.39, 0.29) is 0 Å². The molecule has 0 saturated heterocycles. The van der Waals surface area contributed by atoms with Crippen molar-refractivity contribution in [3.8, 4) is 34.0 Å². The van der Waals surface area contributed by atoms with E-state index in [1.807, 2.05) is 0 Å². The first-order valence-electron chi connectivity index (χ1n) is 25.5. The minimum Gasteiger partial charge on any atom is -0.457 e. The van der Waals surface area contributed by atoms with E-state index >= 15 is 0 Å². The van der Waals surface area contributed by atoms with Gasteiger partial charge < -0.3 is 18.8 Å². The summed E-state index contributed by atoms with van der Waals surface area (Å²) in [6, 6.07) is 72.8. The van der Waals surface area contributed by atoms with Crippen molar-refractivity contribution in [1.29, 1.82) is 0 Å². The van der Waals surface area contributed by atoms with Crippen molar-refractivity contribution in [3.63, 3.8) is 0 Å². The summed E-state index contributed by atoms with van der Waals surface area (Å²) in [6.45, 7) is 0. The zero-order valence-corrected chi connectivity index (χ0v) is 40.0. The Balaban J connectivity index is 0.920. The van der Waals surface area contributed by atoms with Crippen molar-refractivity contribution in [3.05, 3.63) is 251 Å². The van der Waals surface area contributed by atoms with Crippen molar-refractivity contribution in [2.24, 2.45) is 0 Å². The van der Waals surface area contributed by atoms with Crippen LogP contribution in [0.1, 0.15) is 43.6 Å². The molecule has 72 heavy (non-hydrogen) atoms. The van der Waals surface area contributed by atoms with Gasteiger partial charge in [-0.2, -0.15) is 0 Å². The van der Waals surface area contributed by atoms with Crippen LogP contribution in [0.3, 0.4) is 0 Å². The van der Waals surface area contributed by atoms with Crippen LogP contribution in [0.15, 0.2) is 224 Å². The number of ether oxygens (including phenoxy) is 1. The molecule has 3 aliphatic carbocycles. The average Bonchev–Trinajstić information content (AvgIpc) is 3.97. The molecule has 344 valence electrons. The second-order valence-corrected chi connectivity index (χ2v) is 19.3. The summed E-state index contributed by atoms with van der Waals surface area (Å²) in [5.74, 6) is 1.87. The summed E-state index contributed by atoms with van der Waals surface area (Å²) in [5, 5.41) is 12.4. The van der Waals surface area contributed by atoms with E-state index in [0.717, 1.165) is 66.2 Å². The molecule has 0 saturated carbocycles. The van der Waals surface area contributed by atoms with Gasteiger partial charge in [-0.25, -0.2) is 0 Å². The predicted octanol–water partition coefficient (Wildman–Crippen LogP) is 14.8. The Labute approximate surface area is 418 Å². The topological polar surface area (TPSA) is 22.3 Å². The zero-order valence-electron chi connectivity index (χ0n) is 40.0. The maximum atomic E-state index is 7.09. The summed E-state index contributed by atoms with van der Waals surface area (Å²) in [5.41, 5.74) is 11.7. The lowest BCUT2D eigenvalue weighted by Crippen LogP contribution is -2.32. The van der Waals surface area contributed by atoms with E-state index in [1.54, 1.807) is 0 Å². The maximum absolute atomic E-state index is 7.09. The van der Waals surface area contributed by atoms with Crippen LogP contribution < -0.4 is 30.8 Å². The molecule has 0 fully saturated rings. The SMILES string of the molecule is C1=CC(N(c2ccccc2)c2c3ccccc3c(-c3ccc(Oc4cc(-n5c6c(c7ccccc75)=CCCC=6)cc(-n5c6c(c7ccccc75)=CC(c5ccccc5)CC=6)c4)cc3)c3ccccc23)=CCC1. The summed E-state index contributed by atoms with van der Waals surface area (Å²) in [6.07, 6.45) is 21.8. The molecule has 1 atom stereocenters. The van der Waals surface area contributed by atoms with E-state index in [4.69, 9.17) is 4.74 Å². The fourth-order valence-electron chi connectivity index (χ4n) is 11.9. The van der Waals surface area contributed by atoms with Gasteiger partial charge in [-0.1, -0.05) is 182 Å². The number of aromatic nitrogens is 2. The number of nitrogens with zero attached hydrogens (tertiary/aromatic N) is 3. The number of anilines is 2. The molecule has 0 aliphatic heterocycles. The lowest BCUT2D eigenvalue weighted by atomic mass is 9.89. The van der Waals surface area contributed by atoms with Gasteiger partial charge in [0.2, 0.25) is 0 Å². The van der Waals surface area contributed by atoms with Crippen LogP contribution in [0, 0.1) is 0 Å². The molecular weight excluding hydrogens is 875 g/mol. The molecule has 11 aromatic rings. The molecule has 0 amide bonds. The smallest absolute Gasteiger partial charge is 0.131 e. The summed E-state index contributed by atoms with van der Waals surface area (Å²) < 4.78 is 12.0. The van der Waals surface area contributed by atoms with E-state index in [2.05, 4.69) is 257 Å². The molecule has 3 aliphatic rings. The Hall–Kier alpha value is -8.86. The van der Waals surface area contributed by atoms with Crippen molar-refractivity contribution in [2.45, 2.75) is 38.0 Å². The van der Waals surface area contributed by atoms with Gasteiger partial charge in [0, 0.05) is 72.1 Å². The normalized spacial score (nSPS) is 15.0. The minimum absolute atomic E-state index is 0.310. The summed E-state index contributed by atoms with van der Waals surface area (Å²) >= 11 is 0. The van der Waals surface area contributed by atoms with Gasteiger partial charge >= 0.3 is 0 Å². The summed E-state index contributed by atoms with van der Waals surface area (Å²) in [7, 11) is 0. The third kappa shape index (κ3) is 7.05. The van der Waals surface area contributed by atoms with Gasteiger partial charge in [-0.15, -0.1) is 0 Å². The Morgan fingerprint density at radius 3 is 1.65 bits per heavy atom. The van der Waals surface area contributed by atoms with Crippen LogP contribution in [0.5, 0.6) is 11.5 Å². The number of hydrogen-bond acceptors (Lipinski definition) is 2. The first-order valence-corrected chi connectivity index (χ1v) is 25.5. The highest BCUT2D eigenvalue weighted by atomic mass is 16.5. The first-order chi connectivity index (χ1) is 35.7. The Bertz CT molecular complexity index is 4210. The molecular formula is C68H51N3O. The Morgan fingerprint density at radius 1 is 0.444 bits per heavy atom. The fraction of sp³-hybridized carbons (Fsp3) is 0.0882. The number of hydrogen-bond donors (Lipinski definition) is 0. The van der Waals surface area contributed by atoms with Crippen molar-refractivity contribution in [2.75, 3.05) is 4.90 Å². The van der Waals surface area contributed by atoms with E-state index in [0.29, 0.717) is 5.92 Å². The van der Waals surface area contributed by atoms with Crippen molar-refractivity contribution < 1.29 is 4.74 Å². The first kappa shape index (κ1) is 42.1. The lowest BCUT2D eigenvalue weighted by molar-refractivity contribution is 0.482. The van der Waals surface area contributed by atoms with E-state index in [1.165, 1.54) is 87.0 Å². The molecule has 0 spiro atoms. The average molecular weight is 926 g/mol. The number of para-hydroxylation sites is 3. The minimum atomic E-state index is 0.310. The van der Waals surface area contributed by atoms with E-state index < -0.39 is 0 Å².